The molecule has 1 unspecified atom stereocenters. The highest BCUT2D eigenvalue weighted by Crippen LogP contribution is 2.63. The molecule has 0 heterocycles. The maximum Gasteiger partial charge on any atom is 0.231 e. The number of carbonyl (C=O) groups excluding carboxylic acids is 1. The van der Waals surface area contributed by atoms with E-state index in [0.717, 1.165) is 6.42 Å². The molecule has 0 aromatic carbocycles. The molecule has 0 bridgehead atoms. The Morgan fingerprint density at radius 2 is 2.00 bits per heavy atom. The SMILES string of the molecule is CC(C)N(CC(N)=O)CC1(C)CC1(Cl)Cl. The standard InChI is InChI=1S/C10H18Cl2N2O/c1-7(2)14(4-8(13)15)6-9(3)5-10(9,11)12/h7H,4-6H2,1-3H3,(H2,13,15). The second-order valence-corrected chi connectivity index (χ2v) is 6.39. The number of amides is 1. The van der Waals surface area contributed by atoms with E-state index in [1.54, 1.807) is 0 Å². The van der Waals surface area contributed by atoms with Gasteiger partial charge in [0.25, 0.3) is 0 Å². The van der Waals surface area contributed by atoms with Crippen molar-refractivity contribution in [3.8, 4) is 0 Å². The quantitative estimate of drug-likeness (QED) is 0.759. The number of halogens is 2. The first-order chi connectivity index (χ1) is 6.68. The average molecular weight is 253 g/mol. The van der Waals surface area contributed by atoms with Crippen LogP contribution in [0.4, 0.5) is 0 Å². The highest BCUT2D eigenvalue weighted by molar-refractivity contribution is 6.51. The van der Waals surface area contributed by atoms with Crippen LogP contribution in [0.25, 0.3) is 0 Å². The summed E-state index contributed by atoms with van der Waals surface area (Å²) in [4.78, 5) is 12.9. The van der Waals surface area contributed by atoms with Crippen LogP contribution >= 0.6 is 23.2 Å². The zero-order valence-corrected chi connectivity index (χ0v) is 10.9. The van der Waals surface area contributed by atoms with Gasteiger partial charge in [-0.15, -0.1) is 23.2 Å². The Hall–Kier alpha value is 0.01000. The summed E-state index contributed by atoms with van der Waals surface area (Å²) in [6, 6.07) is 0.263. The Bertz CT molecular complexity index is 268. The summed E-state index contributed by atoms with van der Waals surface area (Å²) in [5.41, 5.74) is 5.08. The number of hydrogen-bond donors (Lipinski definition) is 1. The maximum absolute atomic E-state index is 10.9. The maximum atomic E-state index is 10.9. The van der Waals surface area contributed by atoms with Crippen LogP contribution < -0.4 is 5.73 Å². The second-order valence-electron chi connectivity index (χ2n) is 4.91. The van der Waals surface area contributed by atoms with Gasteiger partial charge < -0.3 is 5.73 Å². The van der Waals surface area contributed by atoms with Gasteiger partial charge in [-0.1, -0.05) is 6.92 Å². The molecule has 2 N–H and O–H groups in total. The molecule has 15 heavy (non-hydrogen) atoms. The Balaban J connectivity index is 2.57. The van der Waals surface area contributed by atoms with Crippen LogP contribution in [0.1, 0.15) is 27.2 Å². The number of nitrogens with two attached hydrogens (primary N) is 1. The van der Waals surface area contributed by atoms with Gasteiger partial charge in [0.15, 0.2) is 0 Å². The molecule has 0 spiro atoms. The van der Waals surface area contributed by atoms with Crippen LogP contribution in [0.5, 0.6) is 0 Å². The minimum atomic E-state index is -0.641. The van der Waals surface area contributed by atoms with Crippen molar-refractivity contribution in [3.63, 3.8) is 0 Å². The van der Waals surface area contributed by atoms with Crippen LogP contribution in [-0.2, 0) is 4.79 Å². The summed E-state index contributed by atoms with van der Waals surface area (Å²) in [7, 11) is 0. The van der Waals surface area contributed by atoms with Crippen molar-refractivity contribution in [1.29, 1.82) is 0 Å². The van der Waals surface area contributed by atoms with E-state index in [0.29, 0.717) is 6.54 Å². The first-order valence-electron chi connectivity index (χ1n) is 5.08. The second kappa shape index (κ2) is 4.11. The van der Waals surface area contributed by atoms with Crippen LogP contribution in [0, 0.1) is 5.41 Å². The third-order valence-electron chi connectivity index (χ3n) is 3.01. The Kier molecular flexibility index (Phi) is 3.59. The lowest BCUT2D eigenvalue weighted by molar-refractivity contribution is -0.119. The van der Waals surface area contributed by atoms with Crippen molar-refractivity contribution >= 4 is 29.1 Å². The molecule has 3 nitrogen and oxygen atoms in total. The zero-order chi connectivity index (χ0) is 11.9. The molecular weight excluding hydrogens is 235 g/mol. The molecule has 1 amide bonds. The van der Waals surface area contributed by atoms with Gasteiger partial charge in [0.05, 0.1) is 6.54 Å². The fourth-order valence-electron chi connectivity index (χ4n) is 1.69. The van der Waals surface area contributed by atoms with Gasteiger partial charge in [-0.2, -0.15) is 0 Å². The minimum absolute atomic E-state index is 0.115. The van der Waals surface area contributed by atoms with E-state index in [4.69, 9.17) is 28.9 Å². The van der Waals surface area contributed by atoms with E-state index in [2.05, 4.69) is 0 Å². The van der Waals surface area contributed by atoms with Gasteiger partial charge in [-0.05, 0) is 20.3 Å². The summed E-state index contributed by atoms with van der Waals surface area (Å²) in [5, 5.41) is 0. The van der Waals surface area contributed by atoms with E-state index in [9.17, 15) is 4.79 Å². The Morgan fingerprint density at radius 1 is 1.53 bits per heavy atom. The van der Waals surface area contributed by atoms with Gasteiger partial charge in [-0.25, -0.2) is 0 Å². The van der Waals surface area contributed by atoms with Crippen molar-refractivity contribution in [2.75, 3.05) is 13.1 Å². The fraction of sp³-hybridized carbons (Fsp3) is 0.900. The molecule has 1 atom stereocenters. The lowest BCUT2D eigenvalue weighted by atomic mass is 10.1. The van der Waals surface area contributed by atoms with Crippen molar-refractivity contribution in [3.05, 3.63) is 0 Å². The molecule has 1 fully saturated rings. The molecule has 5 heteroatoms. The molecule has 1 aliphatic rings. The summed E-state index contributed by atoms with van der Waals surface area (Å²) < 4.78 is -0.641. The highest BCUT2D eigenvalue weighted by Gasteiger charge is 2.63. The smallest absolute Gasteiger partial charge is 0.231 e. The predicted octanol–water partition coefficient (Wildman–Crippen LogP) is 1.77. The van der Waals surface area contributed by atoms with E-state index in [1.165, 1.54) is 0 Å². The van der Waals surface area contributed by atoms with Gasteiger partial charge in [0.2, 0.25) is 5.91 Å². The van der Waals surface area contributed by atoms with Crippen molar-refractivity contribution in [2.24, 2.45) is 11.1 Å². The topological polar surface area (TPSA) is 46.3 Å². The van der Waals surface area contributed by atoms with Crippen molar-refractivity contribution in [1.82, 2.24) is 4.90 Å². The average Bonchev–Trinajstić information content (AvgIpc) is 2.47. The summed E-state index contributed by atoms with van der Waals surface area (Å²) in [6.45, 7) is 7.05. The van der Waals surface area contributed by atoms with E-state index in [1.807, 2.05) is 25.7 Å². The number of carbonyl (C=O) groups is 1. The van der Waals surface area contributed by atoms with Gasteiger partial charge in [0.1, 0.15) is 4.33 Å². The first-order valence-corrected chi connectivity index (χ1v) is 5.84. The number of alkyl halides is 2. The monoisotopic (exact) mass is 252 g/mol. The van der Waals surface area contributed by atoms with Crippen LogP contribution in [-0.4, -0.2) is 34.3 Å². The van der Waals surface area contributed by atoms with Crippen molar-refractivity contribution in [2.45, 2.75) is 37.6 Å². The molecule has 0 aromatic heterocycles. The first kappa shape index (κ1) is 13.1. The molecular formula is C10H18Cl2N2O. The molecule has 0 aromatic rings. The summed E-state index contributed by atoms with van der Waals surface area (Å²) >= 11 is 12.1. The third-order valence-corrected chi connectivity index (χ3v) is 4.19. The fourth-order valence-corrected chi connectivity index (χ4v) is 2.40. The Morgan fingerprint density at radius 3 is 2.27 bits per heavy atom. The van der Waals surface area contributed by atoms with Gasteiger partial charge in [0, 0.05) is 18.0 Å². The third kappa shape index (κ3) is 2.99. The zero-order valence-electron chi connectivity index (χ0n) is 9.39. The van der Waals surface area contributed by atoms with E-state index >= 15 is 0 Å². The molecule has 1 saturated carbocycles. The highest BCUT2D eigenvalue weighted by atomic mass is 35.5. The molecule has 0 aliphatic heterocycles. The van der Waals surface area contributed by atoms with E-state index < -0.39 is 4.33 Å². The number of hydrogen-bond acceptors (Lipinski definition) is 2. The van der Waals surface area contributed by atoms with Crippen molar-refractivity contribution < 1.29 is 4.79 Å². The van der Waals surface area contributed by atoms with Crippen LogP contribution in [0.15, 0.2) is 0 Å². The molecule has 1 aliphatic carbocycles. The van der Waals surface area contributed by atoms with Crippen LogP contribution in [0.3, 0.4) is 0 Å². The number of nitrogens with zero attached hydrogens (tertiary/aromatic N) is 1. The normalized spacial score (nSPS) is 28.5. The lowest BCUT2D eigenvalue weighted by Crippen LogP contribution is -2.42. The van der Waals surface area contributed by atoms with E-state index in [-0.39, 0.29) is 23.9 Å². The summed E-state index contributed by atoms with van der Waals surface area (Å²) in [5.74, 6) is -0.317. The predicted molar refractivity (Wildman–Crippen MR) is 63.1 cm³/mol. The number of primary amides is 1. The minimum Gasteiger partial charge on any atom is -0.369 e. The Labute approximate surface area is 101 Å². The van der Waals surface area contributed by atoms with Gasteiger partial charge >= 0.3 is 0 Å². The molecule has 88 valence electrons. The lowest BCUT2D eigenvalue weighted by Gasteiger charge is -2.28. The van der Waals surface area contributed by atoms with Crippen LogP contribution in [0.2, 0.25) is 0 Å². The molecule has 1 rings (SSSR count). The molecule has 0 radical (unpaired) electrons. The summed E-state index contributed by atoms with van der Waals surface area (Å²) in [6.07, 6.45) is 0.769. The van der Waals surface area contributed by atoms with Gasteiger partial charge in [-0.3, -0.25) is 9.69 Å². The molecule has 0 saturated heterocycles. The number of rotatable bonds is 5. The largest absolute Gasteiger partial charge is 0.369 e.